The monoisotopic (exact) mass is 374 g/mol. The third-order valence-corrected chi connectivity index (χ3v) is 4.99. The van der Waals surface area contributed by atoms with E-state index in [0.717, 1.165) is 36.1 Å². The molecule has 28 heavy (non-hydrogen) atoms. The van der Waals surface area contributed by atoms with Crippen LogP contribution in [0, 0.1) is 5.92 Å². The van der Waals surface area contributed by atoms with Crippen molar-refractivity contribution in [3.8, 4) is 11.3 Å². The maximum atomic E-state index is 12.1. The second kappa shape index (κ2) is 8.12. The van der Waals surface area contributed by atoms with Gasteiger partial charge in [0.1, 0.15) is 5.69 Å². The molecule has 0 radical (unpaired) electrons. The number of carbonyl (C=O) groups is 1. The highest BCUT2D eigenvalue weighted by molar-refractivity contribution is 6.02. The van der Waals surface area contributed by atoms with E-state index in [1.165, 1.54) is 31.4 Å². The van der Waals surface area contributed by atoms with Gasteiger partial charge >= 0.3 is 0 Å². The van der Waals surface area contributed by atoms with E-state index in [1.807, 2.05) is 36.4 Å². The molecule has 0 atom stereocenters. The summed E-state index contributed by atoms with van der Waals surface area (Å²) in [5, 5.41) is 11.6. The number of amides is 1. The van der Waals surface area contributed by atoms with Crippen molar-refractivity contribution in [3.63, 3.8) is 0 Å². The van der Waals surface area contributed by atoms with Gasteiger partial charge in [0.25, 0.3) is 5.91 Å². The van der Waals surface area contributed by atoms with Crippen LogP contribution in [-0.4, -0.2) is 39.2 Å². The van der Waals surface area contributed by atoms with Crippen LogP contribution in [0.25, 0.3) is 11.3 Å². The Hall–Kier alpha value is -3.35. The van der Waals surface area contributed by atoms with Gasteiger partial charge in [-0.05, 0) is 43.0 Å². The van der Waals surface area contributed by atoms with E-state index in [2.05, 4.69) is 37.3 Å². The lowest BCUT2D eigenvalue weighted by molar-refractivity contribution is 0.102. The van der Waals surface area contributed by atoms with E-state index in [9.17, 15) is 4.79 Å². The molecule has 3 aromatic rings. The molecule has 1 fully saturated rings. The highest BCUT2D eigenvalue weighted by Crippen LogP contribution is 2.24. The summed E-state index contributed by atoms with van der Waals surface area (Å²) in [7, 11) is 0. The Morgan fingerprint density at radius 1 is 1.04 bits per heavy atom. The predicted octanol–water partition coefficient (Wildman–Crippen LogP) is 3.42. The van der Waals surface area contributed by atoms with E-state index >= 15 is 0 Å². The van der Waals surface area contributed by atoms with Gasteiger partial charge in [-0.1, -0.05) is 19.1 Å². The van der Waals surface area contributed by atoms with Crippen molar-refractivity contribution in [2.45, 2.75) is 19.8 Å². The van der Waals surface area contributed by atoms with Gasteiger partial charge in [0.05, 0.1) is 11.9 Å². The first-order chi connectivity index (χ1) is 13.7. The van der Waals surface area contributed by atoms with Crippen LogP contribution < -0.4 is 10.2 Å². The molecule has 142 valence electrons. The Morgan fingerprint density at radius 3 is 2.46 bits per heavy atom. The zero-order valence-corrected chi connectivity index (χ0v) is 15.7. The molecular formula is C21H22N6O. The van der Waals surface area contributed by atoms with Crippen LogP contribution in [-0.2, 0) is 0 Å². The minimum absolute atomic E-state index is 0.278. The van der Waals surface area contributed by atoms with Crippen molar-refractivity contribution >= 4 is 17.4 Å². The van der Waals surface area contributed by atoms with Gasteiger partial charge in [0.15, 0.2) is 5.82 Å². The Bertz CT molecular complexity index is 919. The molecule has 2 aromatic heterocycles. The Labute approximate surface area is 163 Å². The normalized spacial score (nSPS) is 14.7. The predicted molar refractivity (Wildman–Crippen MR) is 108 cm³/mol. The van der Waals surface area contributed by atoms with Crippen LogP contribution in [0.4, 0.5) is 11.5 Å². The van der Waals surface area contributed by atoms with Crippen LogP contribution in [0.2, 0.25) is 0 Å². The summed E-state index contributed by atoms with van der Waals surface area (Å²) < 4.78 is 0. The van der Waals surface area contributed by atoms with Crippen molar-refractivity contribution in [2.24, 2.45) is 5.92 Å². The molecule has 1 amide bonds. The van der Waals surface area contributed by atoms with Crippen LogP contribution >= 0.6 is 0 Å². The Morgan fingerprint density at radius 2 is 1.82 bits per heavy atom. The number of anilines is 2. The number of rotatable bonds is 4. The average Bonchev–Trinajstić information content (AvgIpc) is 2.76. The fourth-order valence-electron chi connectivity index (χ4n) is 3.22. The summed E-state index contributed by atoms with van der Waals surface area (Å²) in [5.41, 5.74) is 2.72. The number of nitrogens with one attached hydrogen (secondary N) is 1. The van der Waals surface area contributed by atoms with E-state index in [1.54, 1.807) is 0 Å². The molecule has 7 heteroatoms. The minimum atomic E-state index is -0.291. The van der Waals surface area contributed by atoms with Crippen molar-refractivity contribution < 1.29 is 4.79 Å². The number of aromatic nitrogens is 4. The van der Waals surface area contributed by atoms with Gasteiger partial charge in [-0.3, -0.25) is 9.78 Å². The van der Waals surface area contributed by atoms with E-state index in [-0.39, 0.29) is 11.6 Å². The van der Waals surface area contributed by atoms with Crippen LogP contribution in [0.5, 0.6) is 0 Å². The summed E-state index contributed by atoms with van der Waals surface area (Å²) in [6.45, 7) is 4.37. The lowest BCUT2D eigenvalue weighted by atomic mass is 9.99. The fraction of sp³-hybridized carbons (Fsp3) is 0.286. The number of hydrogen-bond acceptors (Lipinski definition) is 6. The molecule has 4 rings (SSSR count). The number of piperidine rings is 1. The first-order valence-corrected chi connectivity index (χ1v) is 9.45. The van der Waals surface area contributed by atoms with Gasteiger partial charge in [-0.15, -0.1) is 10.2 Å². The third kappa shape index (κ3) is 4.14. The molecule has 1 aliphatic heterocycles. The van der Waals surface area contributed by atoms with Gasteiger partial charge in [-0.25, -0.2) is 4.98 Å². The molecule has 1 N–H and O–H groups in total. The molecule has 1 saturated heterocycles. The molecule has 0 unspecified atom stereocenters. The van der Waals surface area contributed by atoms with Crippen LogP contribution in [0.3, 0.4) is 0 Å². The molecule has 0 spiro atoms. The zero-order valence-electron chi connectivity index (χ0n) is 15.7. The van der Waals surface area contributed by atoms with Crippen LogP contribution in [0.15, 0.2) is 55.0 Å². The van der Waals surface area contributed by atoms with E-state index in [4.69, 9.17) is 0 Å². The molecule has 1 aromatic carbocycles. The first-order valence-electron chi connectivity index (χ1n) is 9.45. The quantitative estimate of drug-likeness (QED) is 0.753. The lowest BCUT2D eigenvalue weighted by Gasteiger charge is -2.30. The molecule has 1 aliphatic rings. The highest BCUT2D eigenvalue weighted by Gasteiger charge is 2.17. The summed E-state index contributed by atoms with van der Waals surface area (Å²) in [5.74, 6) is 1.43. The largest absolute Gasteiger partial charge is 0.355 e. The number of hydrogen-bond donors (Lipinski definition) is 1. The smallest absolute Gasteiger partial charge is 0.275 e. The molecule has 3 heterocycles. The summed E-state index contributed by atoms with van der Waals surface area (Å²) >= 11 is 0. The van der Waals surface area contributed by atoms with E-state index < -0.39 is 0 Å². The second-order valence-corrected chi connectivity index (χ2v) is 7.07. The van der Waals surface area contributed by atoms with Gasteiger partial charge < -0.3 is 10.2 Å². The van der Waals surface area contributed by atoms with Crippen molar-refractivity contribution in [2.75, 3.05) is 23.3 Å². The standard InChI is InChI=1S/C21H22N6O/c1-15-8-12-27(13-9-15)20-7-6-18(25-26-20)16-2-4-17(5-3-16)24-21(28)19-14-22-10-11-23-19/h2-7,10-11,14-15H,8-9,12-13H2,1H3,(H,24,28). The van der Waals surface area contributed by atoms with Gasteiger partial charge in [0, 0.05) is 36.7 Å². The summed E-state index contributed by atoms with van der Waals surface area (Å²) in [6, 6.07) is 11.5. The summed E-state index contributed by atoms with van der Waals surface area (Å²) in [4.78, 5) is 22.3. The molecule has 7 nitrogen and oxygen atoms in total. The molecular weight excluding hydrogens is 352 g/mol. The average molecular weight is 374 g/mol. The van der Waals surface area contributed by atoms with Crippen molar-refractivity contribution in [1.82, 2.24) is 20.2 Å². The Kier molecular flexibility index (Phi) is 5.23. The van der Waals surface area contributed by atoms with E-state index in [0.29, 0.717) is 5.69 Å². The maximum Gasteiger partial charge on any atom is 0.275 e. The SMILES string of the molecule is CC1CCN(c2ccc(-c3ccc(NC(=O)c4cnccn4)cc3)nn2)CC1. The second-order valence-electron chi connectivity index (χ2n) is 7.07. The maximum absolute atomic E-state index is 12.1. The first kappa shape index (κ1) is 18.0. The van der Waals surface area contributed by atoms with Crippen molar-refractivity contribution in [3.05, 3.63) is 60.7 Å². The topological polar surface area (TPSA) is 83.9 Å². The molecule has 0 aliphatic carbocycles. The highest BCUT2D eigenvalue weighted by atomic mass is 16.1. The number of carbonyl (C=O) groups excluding carboxylic acids is 1. The third-order valence-electron chi connectivity index (χ3n) is 4.99. The Balaban J connectivity index is 1.41. The zero-order chi connectivity index (χ0) is 19.3. The fourth-order valence-corrected chi connectivity index (χ4v) is 3.22. The van der Waals surface area contributed by atoms with Gasteiger partial charge in [0.2, 0.25) is 0 Å². The number of benzene rings is 1. The minimum Gasteiger partial charge on any atom is -0.355 e. The molecule has 0 saturated carbocycles. The van der Waals surface area contributed by atoms with Crippen LogP contribution in [0.1, 0.15) is 30.3 Å². The molecule has 0 bridgehead atoms. The lowest BCUT2D eigenvalue weighted by Crippen LogP contribution is -2.33. The van der Waals surface area contributed by atoms with Crippen molar-refractivity contribution in [1.29, 1.82) is 0 Å². The van der Waals surface area contributed by atoms with Gasteiger partial charge in [-0.2, -0.15) is 0 Å². The number of nitrogens with zero attached hydrogens (tertiary/aromatic N) is 5. The summed E-state index contributed by atoms with van der Waals surface area (Å²) in [6.07, 6.45) is 6.86.